The first kappa shape index (κ1) is 16.3. The second-order valence-electron chi connectivity index (χ2n) is 5.50. The second kappa shape index (κ2) is 7.12. The number of halogens is 3. The highest BCUT2D eigenvalue weighted by Gasteiger charge is 2.28. The molecule has 0 aromatic heterocycles. The first-order chi connectivity index (χ1) is 8.78. The van der Waals surface area contributed by atoms with Crippen molar-refractivity contribution in [2.45, 2.75) is 57.2 Å². The summed E-state index contributed by atoms with van der Waals surface area (Å²) in [6.07, 6.45) is 0.00467. The molecule has 19 heavy (non-hydrogen) atoms. The summed E-state index contributed by atoms with van der Waals surface area (Å²) in [7, 11) is 1.44. The van der Waals surface area contributed by atoms with Crippen molar-refractivity contribution in [2.24, 2.45) is 11.7 Å². The Labute approximate surface area is 112 Å². The van der Waals surface area contributed by atoms with Crippen molar-refractivity contribution in [3.05, 3.63) is 0 Å². The first-order valence-electron chi connectivity index (χ1n) is 6.84. The fraction of sp³-hybridized carbons (Fsp3) is 0.923. The molecule has 0 bridgehead atoms. The zero-order chi connectivity index (χ0) is 14.5. The van der Waals surface area contributed by atoms with Gasteiger partial charge in [0.05, 0.1) is 6.42 Å². The molecule has 0 spiro atoms. The fourth-order valence-corrected chi connectivity index (χ4v) is 2.41. The molecule has 1 amide bonds. The highest BCUT2D eigenvalue weighted by molar-refractivity contribution is 5.75. The van der Waals surface area contributed by atoms with Crippen LogP contribution < -0.4 is 5.73 Å². The summed E-state index contributed by atoms with van der Waals surface area (Å²) in [6.45, 7) is -0.252. The highest BCUT2D eigenvalue weighted by Crippen LogP contribution is 2.27. The summed E-state index contributed by atoms with van der Waals surface area (Å²) in [6, 6.07) is 0.279. The second-order valence-corrected chi connectivity index (χ2v) is 5.50. The number of rotatable bonds is 5. The first-order valence-corrected chi connectivity index (χ1v) is 6.84. The van der Waals surface area contributed by atoms with Crippen LogP contribution in [0, 0.1) is 5.92 Å². The van der Waals surface area contributed by atoms with Crippen LogP contribution >= 0.6 is 0 Å². The number of carbonyl (C=O) groups is 1. The Kier molecular flexibility index (Phi) is 6.10. The van der Waals surface area contributed by atoms with Crippen molar-refractivity contribution in [3.8, 4) is 0 Å². The average Bonchev–Trinajstić information content (AvgIpc) is 2.34. The monoisotopic (exact) mass is 280 g/mol. The molecule has 0 unspecified atom stereocenters. The van der Waals surface area contributed by atoms with Gasteiger partial charge in [-0.2, -0.15) is 13.2 Å². The number of hydrogen-bond acceptors (Lipinski definition) is 2. The maximum atomic E-state index is 12.0. The molecule has 0 heterocycles. The van der Waals surface area contributed by atoms with E-state index in [4.69, 9.17) is 5.73 Å². The van der Waals surface area contributed by atoms with Gasteiger partial charge in [0.25, 0.3) is 0 Å². The smallest absolute Gasteiger partial charge is 0.345 e. The number of nitrogens with zero attached hydrogens (tertiary/aromatic N) is 1. The van der Waals surface area contributed by atoms with Crippen molar-refractivity contribution in [2.75, 3.05) is 13.6 Å². The van der Waals surface area contributed by atoms with E-state index in [-0.39, 0.29) is 18.5 Å². The quantitative estimate of drug-likeness (QED) is 0.841. The summed E-state index contributed by atoms with van der Waals surface area (Å²) in [5.74, 6) is 0.305. The van der Waals surface area contributed by atoms with Gasteiger partial charge in [-0.3, -0.25) is 4.79 Å². The van der Waals surface area contributed by atoms with Gasteiger partial charge in [0.1, 0.15) is 0 Å². The van der Waals surface area contributed by atoms with Gasteiger partial charge < -0.3 is 10.6 Å². The minimum Gasteiger partial charge on any atom is -0.345 e. The normalized spacial score (nSPS) is 24.3. The van der Waals surface area contributed by atoms with Gasteiger partial charge in [0, 0.05) is 26.1 Å². The lowest BCUT2D eigenvalue weighted by molar-refractivity contribution is -0.144. The lowest BCUT2D eigenvalue weighted by Gasteiger charge is -2.26. The van der Waals surface area contributed by atoms with Crippen LogP contribution in [0.5, 0.6) is 0 Å². The third-order valence-electron chi connectivity index (χ3n) is 3.81. The third kappa shape index (κ3) is 6.80. The summed E-state index contributed by atoms with van der Waals surface area (Å²) >= 11 is 0. The molecule has 0 aromatic rings. The molecule has 0 radical (unpaired) electrons. The minimum atomic E-state index is -4.20. The largest absolute Gasteiger partial charge is 0.390 e. The molecule has 2 N–H and O–H groups in total. The predicted molar refractivity (Wildman–Crippen MR) is 67.5 cm³/mol. The van der Waals surface area contributed by atoms with E-state index in [1.54, 1.807) is 0 Å². The summed E-state index contributed by atoms with van der Waals surface area (Å²) in [5.41, 5.74) is 5.80. The molecule has 0 aliphatic heterocycles. The molecule has 0 atom stereocenters. The SMILES string of the molecule is CN(CCC(F)(F)F)C(=O)CCC1CCC(N)CC1. The van der Waals surface area contributed by atoms with Crippen LogP contribution in [0.4, 0.5) is 13.2 Å². The molecule has 1 aliphatic rings. The van der Waals surface area contributed by atoms with Crippen LogP contribution in [0.25, 0.3) is 0 Å². The number of carbonyl (C=O) groups excluding carboxylic acids is 1. The van der Waals surface area contributed by atoms with E-state index < -0.39 is 12.6 Å². The van der Waals surface area contributed by atoms with Gasteiger partial charge in [-0.15, -0.1) is 0 Å². The number of amides is 1. The third-order valence-corrected chi connectivity index (χ3v) is 3.81. The molecule has 1 aliphatic carbocycles. The highest BCUT2D eigenvalue weighted by atomic mass is 19.4. The Balaban J connectivity index is 2.19. The van der Waals surface area contributed by atoms with Crippen molar-refractivity contribution in [3.63, 3.8) is 0 Å². The van der Waals surface area contributed by atoms with Crippen LogP contribution in [-0.2, 0) is 4.79 Å². The average molecular weight is 280 g/mol. The fourth-order valence-electron chi connectivity index (χ4n) is 2.41. The summed E-state index contributed by atoms with van der Waals surface area (Å²) in [5, 5.41) is 0. The summed E-state index contributed by atoms with van der Waals surface area (Å²) < 4.78 is 36.1. The van der Waals surface area contributed by atoms with E-state index in [9.17, 15) is 18.0 Å². The molecule has 0 aromatic carbocycles. The van der Waals surface area contributed by atoms with Crippen LogP contribution in [0.15, 0.2) is 0 Å². The maximum Gasteiger partial charge on any atom is 0.390 e. The lowest BCUT2D eigenvalue weighted by atomic mass is 9.84. The van der Waals surface area contributed by atoms with Gasteiger partial charge in [0.2, 0.25) is 5.91 Å². The number of nitrogens with two attached hydrogens (primary N) is 1. The van der Waals surface area contributed by atoms with Gasteiger partial charge in [-0.25, -0.2) is 0 Å². The van der Waals surface area contributed by atoms with Crippen molar-refractivity contribution >= 4 is 5.91 Å². The maximum absolute atomic E-state index is 12.0. The zero-order valence-electron chi connectivity index (χ0n) is 11.4. The van der Waals surface area contributed by atoms with E-state index in [1.165, 1.54) is 11.9 Å². The molecular weight excluding hydrogens is 257 g/mol. The van der Waals surface area contributed by atoms with Crippen LogP contribution in [0.2, 0.25) is 0 Å². The standard InChI is InChI=1S/C13H23F3N2O/c1-18(9-8-13(14,15)16)12(19)7-4-10-2-5-11(17)6-3-10/h10-11H,2-9,17H2,1H3. The van der Waals surface area contributed by atoms with E-state index in [0.717, 1.165) is 32.1 Å². The van der Waals surface area contributed by atoms with Crippen molar-refractivity contribution in [1.29, 1.82) is 0 Å². The Morgan fingerprint density at radius 1 is 1.26 bits per heavy atom. The van der Waals surface area contributed by atoms with E-state index >= 15 is 0 Å². The Morgan fingerprint density at radius 3 is 2.37 bits per heavy atom. The van der Waals surface area contributed by atoms with Crippen LogP contribution in [0.3, 0.4) is 0 Å². The zero-order valence-corrected chi connectivity index (χ0v) is 11.4. The minimum absolute atomic E-state index is 0.195. The van der Waals surface area contributed by atoms with E-state index in [1.807, 2.05) is 0 Å². The van der Waals surface area contributed by atoms with E-state index in [2.05, 4.69) is 0 Å². The van der Waals surface area contributed by atoms with Crippen molar-refractivity contribution in [1.82, 2.24) is 4.90 Å². The molecule has 1 rings (SSSR count). The molecular formula is C13H23F3N2O. The van der Waals surface area contributed by atoms with Gasteiger partial charge in [-0.1, -0.05) is 0 Å². The molecule has 0 saturated heterocycles. The predicted octanol–water partition coefficient (Wildman–Crippen LogP) is 2.69. The van der Waals surface area contributed by atoms with Crippen LogP contribution in [-0.4, -0.2) is 36.6 Å². The van der Waals surface area contributed by atoms with Gasteiger partial charge in [-0.05, 0) is 38.0 Å². The van der Waals surface area contributed by atoms with E-state index in [0.29, 0.717) is 12.3 Å². The Morgan fingerprint density at radius 2 is 1.84 bits per heavy atom. The lowest BCUT2D eigenvalue weighted by Crippen LogP contribution is -2.31. The van der Waals surface area contributed by atoms with Gasteiger partial charge in [0.15, 0.2) is 0 Å². The van der Waals surface area contributed by atoms with Gasteiger partial charge >= 0.3 is 6.18 Å². The Hall–Kier alpha value is -0.780. The van der Waals surface area contributed by atoms with Crippen LogP contribution in [0.1, 0.15) is 44.9 Å². The number of alkyl halides is 3. The molecule has 3 nitrogen and oxygen atoms in total. The molecule has 112 valence electrons. The summed E-state index contributed by atoms with van der Waals surface area (Å²) in [4.78, 5) is 12.9. The Bertz CT molecular complexity index is 286. The molecule has 1 fully saturated rings. The topological polar surface area (TPSA) is 46.3 Å². The number of hydrogen-bond donors (Lipinski definition) is 1. The molecule has 6 heteroatoms. The molecule has 1 saturated carbocycles. The van der Waals surface area contributed by atoms with Crippen molar-refractivity contribution < 1.29 is 18.0 Å².